The molecule has 1 aromatic rings. The first-order valence-electron chi connectivity index (χ1n) is 7.49. The lowest BCUT2D eigenvalue weighted by molar-refractivity contribution is -0.130. The highest BCUT2D eigenvalue weighted by Gasteiger charge is 2.34. The predicted octanol–water partition coefficient (Wildman–Crippen LogP) is 1.72. The molecule has 0 saturated carbocycles. The van der Waals surface area contributed by atoms with E-state index in [1.807, 2.05) is 28.0 Å². The van der Waals surface area contributed by atoms with E-state index in [9.17, 15) is 9.59 Å². The Morgan fingerprint density at radius 2 is 1.67 bits per heavy atom. The summed E-state index contributed by atoms with van der Waals surface area (Å²) in [7, 11) is 0. The molecular weight excluding hydrogens is 266 g/mol. The number of hydrogen-bond donors (Lipinski definition) is 0. The van der Waals surface area contributed by atoms with Crippen LogP contribution in [0.3, 0.4) is 0 Å². The molecule has 0 radical (unpaired) electrons. The Labute approximate surface area is 125 Å². The molecule has 1 unspecified atom stereocenters. The van der Waals surface area contributed by atoms with Crippen LogP contribution >= 0.6 is 0 Å². The van der Waals surface area contributed by atoms with Crippen LogP contribution in [0.25, 0.3) is 0 Å². The van der Waals surface area contributed by atoms with E-state index in [1.165, 1.54) is 5.56 Å². The van der Waals surface area contributed by atoms with E-state index in [0.29, 0.717) is 26.2 Å². The third kappa shape index (κ3) is 2.48. The monoisotopic (exact) mass is 287 g/mol. The van der Waals surface area contributed by atoms with Gasteiger partial charge in [0.25, 0.3) is 0 Å². The second-order valence-electron chi connectivity index (χ2n) is 5.83. The summed E-state index contributed by atoms with van der Waals surface area (Å²) >= 11 is 0. The van der Waals surface area contributed by atoms with Crippen LogP contribution in [0.2, 0.25) is 0 Å². The molecule has 1 atom stereocenters. The maximum atomic E-state index is 12.8. The molecule has 5 heteroatoms. The van der Waals surface area contributed by atoms with Crippen LogP contribution in [-0.2, 0) is 11.2 Å². The van der Waals surface area contributed by atoms with Crippen LogP contribution in [0.15, 0.2) is 24.3 Å². The Morgan fingerprint density at radius 3 is 2.33 bits per heavy atom. The van der Waals surface area contributed by atoms with Gasteiger partial charge in [-0.2, -0.15) is 0 Å². The number of nitrogens with zero attached hydrogens (tertiary/aromatic N) is 3. The molecule has 0 N–H and O–H groups in total. The second-order valence-corrected chi connectivity index (χ2v) is 5.83. The summed E-state index contributed by atoms with van der Waals surface area (Å²) in [5.41, 5.74) is 2.27. The van der Waals surface area contributed by atoms with Gasteiger partial charge in [-0.05, 0) is 25.0 Å². The van der Waals surface area contributed by atoms with Gasteiger partial charge in [-0.1, -0.05) is 18.2 Å². The summed E-state index contributed by atoms with van der Waals surface area (Å²) in [5.74, 6) is 0.0852. The molecule has 1 aromatic carbocycles. The number of fused-ring (bicyclic) bond motifs is 1. The number of piperazine rings is 1. The number of rotatable bonds is 0. The van der Waals surface area contributed by atoms with Crippen molar-refractivity contribution in [2.75, 3.05) is 31.1 Å². The van der Waals surface area contributed by atoms with Gasteiger partial charge in [-0.3, -0.25) is 9.69 Å². The summed E-state index contributed by atoms with van der Waals surface area (Å²) < 4.78 is 0. The molecule has 1 saturated heterocycles. The van der Waals surface area contributed by atoms with Gasteiger partial charge in [0, 0.05) is 44.8 Å². The maximum absolute atomic E-state index is 12.8. The first-order chi connectivity index (χ1) is 10.1. The fourth-order valence-corrected chi connectivity index (χ4v) is 3.22. The molecule has 0 aliphatic carbocycles. The minimum Gasteiger partial charge on any atom is -0.339 e. The number of amides is 3. The second kappa shape index (κ2) is 5.39. The highest BCUT2D eigenvalue weighted by molar-refractivity contribution is 5.95. The van der Waals surface area contributed by atoms with Gasteiger partial charge in [0.2, 0.25) is 5.91 Å². The maximum Gasteiger partial charge on any atom is 0.324 e. The highest BCUT2D eigenvalue weighted by Crippen LogP contribution is 2.32. The lowest BCUT2D eigenvalue weighted by Gasteiger charge is -2.37. The number of carbonyl (C=O) groups is 2. The van der Waals surface area contributed by atoms with Gasteiger partial charge >= 0.3 is 6.03 Å². The number of benzene rings is 1. The number of urea groups is 1. The third-order valence-corrected chi connectivity index (χ3v) is 4.41. The van der Waals surface area contributed by atoms with Crippen molar-refractivity contribution in [1.29, 1.82) is 0 Å². The van der Waals surface area contributed by atoms with Crippen molar-refractivity contribution in [3.63, 3.8) is 0 Å². The summed E-state index contributed by atoms with van der Waals surface area (Å²) in [6.07, 6.45) is 0.912. The summed E-state index contributed by atoms with van der Waals surface area (Å²) in [5, 5.41) is 0. The summed E-state index contributed by atoms with van der Waals surface area (Å²) in [4.78, 5) is 29.7. The topological polar surface area (TPSA) is 43.9 Å². The number of para-hydroxylation sites is 1. The van der Waals surface area contributed by atoms with Gasteiger partial charge < -0.3 is 9.80 Å². The van der Waals surface area contributed by atoms with E-state index in [4.69, 9.17) is 0 Å². The molecule has 5 nitrogen and oxygen atoms in total. The van der Waals surface area contributed by atoms with Crippen LogP contribution in [0.5, 0.6) is 0 Å². The van der Waals surface area contributed by atoms with Gasteiger partial charge in [-0.15, -0.1) is 0 Å². The molecule has 0 bridgehead atoms. The SMILES string of the molecule is CC(=O)N1CCN(C(=O)N2c3ccccc3CC2C)CC1. The van der Waals surface area contributed by atoms with E-state index >= 15 is 0 Å². The van der Waals surface area contributed by atoms with Crippen molar-refractivity contribution >= 4 is 17.6 Å². The molecule has 0 spiro atoms. The molecule has 2 aliphatic heterocycles. The Kier molecular flexibility index (Phi) is 3.57. The van der Waals surface area contributed by atoms with E-state index in [2.05, 4.69) is 13.0 Å². The number of anilines is 1. The van der Waals surface area contributed by atoms with Crippen molar-refractivity contribution in [1.82, 2.24) is 9.80 Å². The average molecular weight is 287 g/mol. The smallest absolute Gasteiger partial charge is 0.324 e. The van der Waals surface area contributed by atoms with E-state index < -0.39 is 0 Å². The highest BCUT2D eigenvalue weighted by atomic mass is 16.2. The van der Waals surface area contributed by atoms with Crippen LogP contribution < -0.4 is 4.90 Å². The number of carbonyl (C=O) groups excluding carboxylic acids is 2. The fraction of sp³-hybridized carbons (Fsp3) is 0.500. The lowest BCUT2D eigenvalue weighted by Crippen LogP contribution is -2.54. The van der Waals surface area contributed by atoms with Crippen LogP contribution in [0, 0.1) is 0 Å². The molecular formula is C16H21N3O2. The van der Waals surface area contributed by atoms with E-state index in [1.54, 1.807) is 11.8 Å². The quantitative estimate of drug-likeness (QED) is 0.729. The average Bonchev–Trinajstić information content (AvgIpc) is 2.82. The number of hydrogen-bond acceptors (Lipinski definition) is 2. The standard InChI is InChI=1S/C16H21N3O2/c1-12-11-14-5-3-4-6-15(14)19(12)16(21)18-9-7-17(8-10-18)13(2)20/h3-6,12H,7-11H2,1-2H3. The van der Waals surface area contributed by atoms with Gasteiger partial charge in [-0.25, -0.2) is 4.79 Å². The van der Waals surface area contributed by atoms with E-state index in [-0.39, 0.29) is 18.0 Å². The zero-order valence-electron chi connectivity index (χ0n) is 12.6. The zero-order chi connectivity index (χ0) is 15.0. The molecule has 2 heterocycles. The Bertz CT molecular complexity index is 564. The van der Waals surface area contributed by atoms with Crippen LogP contribution in [-0.4, -0.2) is 54.0 Å². The fourth-order valence-electron chi connectivity index (χ4n) is 3.22. The summed E-state index contributed by atoms with van der Waals surface area (Å²) in [6.45, 7) is 6.16. The minimum atomic E-state index is 0.0654. The Hall–Kier alpha value is -2.04. The predicted molar refractivity (Wildman–Crippen MR) is 81.3 cm³/mol. The van der Waals surface area contributed by atoms with Crippen LogP contribution in [0.1, 0.15) is 19.4 Å². The van der Waals surface area contributed by atoms with Crippen molar-refractivity contribution in [3.05, 3.63) is 29.8 Å². The molecule has 3 amide bonds. The van der Waals surface area contributed by atoms with Crippen LogP contribution in [0.4, 0.5) is 10.5 Å². The molecule has 21 heavy (non-hydrogen) atoms. The van der Waals surface area contributed by atoms with Crippen molar-refractivity contribution in [2.45, 2.75) is 26.3 Å². The van der Waals surface area contributed by atoms with E-state index in [0.717, 1.165) is 12.1 Å². The Balaban J connectivity index is 1.73. The molecule has 3 rings (SSSR count). The Morgan fingerprint density at radius 1 is 1.05 bits per heavy atom. The minimum absolute atomic E-state index is 0.0654. The largest absolute Gasteiger partial charge is 0.339 e. The van der Waals surface area contributed by atoms with Crippen molar-refractivity contribution < 1.29 is 9.59 Å². The lowest BCUT2D eigenvalue weighted by atomic mass is 10.1. The molecule has 112 valence electrons. The van der Waals surface area contributed by atoms with Gasteiger partial charge in [0.05, 0.1) is 0 Å². The normalized spacial score (nSPS) is 21.4. The first-order valence-corrected chi connectivity index (χ1v) is 7.49. The van der Waals surface area contributed by atoms with Gasteiger partial charge in [0.1, 0.15) is 0 Å². The first kappa shape index (κ1) is 13.9. The van der Waals surface area contributed by atoms with Crippen molar-refractivity contribution in [3.8, 4) is 0 Å². The molecule has 2 aliphatic rings. The molecule has 0 aromatic heterocycles. The molecule has 1 fully saturated rings. The van der Waals surface area contributed by atoms with Crippen molar-refractivity contribution in [2.24, 2.45) is 0 Å². The zero-order valence-corrected chi connectivity index (χ0v) is 12.6. The van der Waals surface area contributed by atoms with Gasteiger partial charge in [0.15, 0.2) is 0 Å². The summed E-state index contributed by atoms with van der Waals surface area (Å²) in [6, 6.07) is 8.36. The third-order valence-electron chi connectivity index (χ3n) is 4.41.